The van der Waals surface area contributed by atoms with Crippen LogP contribution < -0.4 is 0 Å². The zero-order valence-electron chi connectivity index (χ0n) is 63.3. The first-order valence-corrected chi connectivity index (χ1v) is 39.2. The molecule has 23 rings (SSSR count). The van der Waals surface area contributed by atoms with E-state index in [1.807, 2.05) is 85.6 Å². The van der Waals surface area contributed by atoms with Crippen LogP contribution in [0, 0.1) is 0 Å². The summed E-state index contributed by atoms with van der Waals surface area (Å²) in [5, 5.41) is 10.8. The van der Waals surface area contributed by atoms with E-state index in [-0.39, 0.29) is 0 Å². The normalized spacial score (nSPS) is 11.6. The molecule has 0 saturated heterocycles. The standard InChI is InChI=1S/C54H32N6.C52H32N6/c1-5-40(30-42(7-1)48-23-18-36-14-12-34-9-3-27-55-51(34)53(36)59-48)45-26-21-44-29-38(20-25-47(44)57-45)39-16-11-33-17-22-46(58-50(33)32-39)41-6-2-8-43(31-41)49-24-19-37-15-13-35-10-4-28-56-52(35)54(37)60-49;1-3-24-53-44(10-1)41-29-42(45-11-2-4-25-54-45)31-43(30-41)49-23-19-40-27-36(18-22-47(40)56-49)37-15-12-33-16-20-46(57-50(33)32-37)38-7-5-8-39(28-38)48-21-17-35-14-13-34-9-6-26-55-51(34)52(35)58-48/h1-32H;1-32H. The zero-order valence-corrected chi connectivity index (χ0v) is 63.3. The molecule has 548 valence electrons. The fourth-order valence-electron chi connectivity index (χ4n) is 16.2. The topological polar surface area (TPSA) is 155 Å². The van der Waals surface area contributed by atoms with Crippen LogP contribution in [-0.4, -0.2) is 59.8 Å². The quantitative estimate of drug-likeness (QED) is 0.113. The molecule has 12 heteroatoms. The fourth-order valence-corrected chi connectivity index (χ4v) is 16.2. The van der Waals surface area contributed by atoms with E-state index in [2.05, 4.69) is 328 Å². The fraction of sp³-hybridized carbons (Fsp3) is 0. The summed E-state index contributed by atoms with van der Waals surface area (Å²) in [5.74, 6) is 0. The van der Waals surface area contributed by atoms with Gasteiger partial charge in [-0.3, -0.25) is 24.9 Å². The van der Waals surface area contributed by atoms with E-state index in [9.17, 15) is 0 Å². The molecule has 0 amide bonds. The number of nitrogens with zero attached hydrogens (tertiary/aromatic N) is 12. The highest BCUT2D eigenvalue weighted by Gasteiger charge is 2.17. The highest BCUT2D eigenvalue weighted by atomic mass is 14.8. The van der Waals surface area contributed by atoms with E-state index in [0.717, 1.165) is 233 Å². The first-order valence-electron chi connectivity index (χ1n) is 39.2. The SMILES string of the molecule is c1cc(-c2ccc3cc(-c4ccc5ccc(-c6cccc(-c7ccc8ccc9cccnc9c8n7)c6)nc5c4)ccc3n2)cc(-c2ccc3ccc4cccnc4c3n2)c1.c1ccc(-c2cc(-c3ccccn3)cc(-c3ccc4cc(-c5ccc6ccc(-c7cccc(-c8ccc9ccc%10cccnc%10c9n8)c7)nc6c5)ccc4n3)c2)nc1. The first-order chi connectivity index (χ1) is 58.3. The molecule has 12 heterocycles. The monoisotopic (exact) mass is 1500 g/mol. The van der Waals surface area contributed by atoms with Gasteiger partial charge in [-0.05, 0) is 180 Å². The number of benzene rings is 11. The molecule has 0 aliphatic carbocycles. The van der Waals surface area contributed by atoms with Gasteiger partial charge < -0.3 is 0 Å². The summed E-state index contributed by atoms with van der Waals surface area (Å²) in [6.07, 6.45) is 9.12. The zero-order chi connectivity index (χ0) is 78.0. The van der Waals surface area contributed by atoms with E-state index in [1.165, 1.54) is 0 Å². The molecule has 0 unspecified atom stereocenters. The van der Waals surface area contributed by atoms with Gasteiger partial charge in [0.1, 0.15) is 0 Å². The van der Waals surface area contributed by atoms with Crippen molar-refractivity contribution in [1.82, 2.24) is 59.8 Å². The number of pyridine rings is 12. The van der Waals surface area contributed by atoms with Crippen molar-refractivity contribution in [2.75, 3.05) is 0 Å². The van der Waals surface area contributed by atoms with Gasteiger partial charge in [-0.2, -0.15) is 0 Å². The molecule has 23 aromatic rings. The minimum Gasteiger partial charge on any atom is -0.256 e. The van der Waals surface area contributed by atoms with Crippen molar-refractivity contribution >= 4 is 109 Å². The largest absolute Gasteiger partial charge is 0.256 e. The molecule has 118 heavy (non-hydrogen) atoms. The lowest BCUT2D eigenvalue weighted by Crippen LogP contribution is -1.91. The summed E-state index contributed by atoms with van der Waals surface area (Å²) in [6, 6.07) is 124. The predicted molar refractivity (Wildman–Crippen MR) is 481 cm³/mol. The van der Waals surface area contributed by atoms with Crippen LogP contribution >= 0.6 is 0 Å². The van der Waals surface area contributed by atoms with Gasteiger partial charge in [0.25, 0.3) is 0 Å². The van der Waals surface area contributed by atoms with Gasteiger partial charge in [0.05, 0.1) is 106 Å². The number of hydrogen-bond donors (Lipinski definition) is 0. The second-order valence-corrected chi connectivity index (χ2v) is 29.6. The molecule has 0 aliphatic heterocycles. The van der Waals surface area contributed by atoms with Crippen molar-refractivity contribution < 1.29 is 0 Å². The first kappa shape index (κ1) is 68.6. The molecular weight excluding hydrogens is 1440 g/mol. The molecular formula is C106H64N12. The second kappa shape index (κ2) is 29.1. The molecule has 0 saturated carbocycles. The average molecular weight is 1510 g/mol. The molecule has 0 atom stereocenters. The van der Waals surface area contributed by atoms with Crippen molar-refractivity contribution in [1.29, 1.82) is 0 Å². The lowest BCUT2D eigenvalue weighted by molar-refractivity contribution is 1.31. The maximum Gasteiger partial charge on any atom is 0.0972 e. The molecule has 0 radical (unpaired) electrons. The van der Waals surface area contributed by atoms with Gasteiger partial charge >= 0.3 is 0 Å². The highest BCUT2D eigenvalue weighted by Crippen LogP contribution is 2.39. The molecule has 0 bridgehead atoms. The molecule has 0 spiro atoms. The number of rotatable bonds is 11. The van der Waals surface area contributed by atoms with Gasteiger partial charge in [-0.15, -0.1) is 0 Å². The molecule has 11 aromatic carbocycles. The third-order valence-corrected chi connectivity index (χ3v) is 22.2. The van der Waals surface area contributed by atoms with E-state index < -0.39 is 0 Å². The molecule has 0 fully saturated rings. The van der Waals surface area contributed by atoms with E-state index >= 15 is 0 Å². The number of fused-ring (bicyclic) bond motifs is 13. The van der Waals surface area contributed by atoms with Gasteiger partial charge in [0.15, 0.2) is 0 Å². The maximum absolute atomic E-state index is 5.17. The van der Waals surface area contributed by atoms with Gasteiger partial charge in [0.2, 0.25) is 0 Å². The van der Waals surface area contributed by atoms with Crippen LogP contribution in [0.25, 0.3) is 233 Å². The van der Waals surface area contributed by atoms with Crippen LogP contribution in [0.3, 0.4) is 0 Å². The van der Waals surface area contributed by atoms with Crippen LogP contribution in [0.5, 0.6) is 0 Å². The van der Waals surface area contributed by atoms with Crippen molar-refractivity contribution in [2.45, 2.75) is 0 Å². The summed E-state index contributed by atoms with van der Waals surface area (Å²) < 4.78 is 0. The third-order valence-electron chi connectivity index (χ3n) is 22.2. The Hall–Kier alpha value is -16.2. The van der Waals surface area contributed by atoms with E-state index in [4.69, 9.17) is 34.9 Å². The lowest BCUT2D eigenvalue weighted by Gasteiger charge is -2.11. The van der Waals surface area contributed by atoms with Gasteiger partial charge in [-0.1, -0.05) is 200 Å². The Bertz CT molecular complexity index is 7920. The lowest BCUT2D eigenvalue weighted by atomic mass is 9.98. The summed E-state index contributed by atoms with van der Waals surface area (Å²) in [6.45, 7) is 0. The Balaban J connectivity index is 0.000000142. The minimum absolute atomic E-state index is 0.892. The van der Waals surface area contributed by atoms with E-state index in [1.54, 1.807) is 0 Å². The average Bonchev–Trinajstić information content (AvgIpc) is 0.789. The van der Waals surface area contributed by atoms with Crippen LogP contribution in [0.4, 0.5) is 0 Å². The summed E-state index contributed by atoms with van der Waals surface area (Å²) in [7, 11) is 0. The van der Waals surface area contributed by atoms with E-state index in [0.29, 0.717) is 0 Å². The Morgan fingerprint density at radius 2 is 0.381 bits per heavy atom. The molecule has 0 N–H and O–H groups in total. The predicted octanol–water partition coefficient (Wildman–Crippen LogP) is 26.0. The smallest absolute Gasteiger partial charge is 0.0972 e. The summed E-state index contributed by atoms with van der Waals surface area (Å²) >= 11 is 0. The maximum atomic E-state index is 5.17. The van der Waals surface area contributed by atoms with Crippen LogP contribution in [0.2, 0.25) is 0 Å². The third kappa shape index (κ3) is 13.1. The van der Waals surface area contributed by atoms with Crippen molar-refractivity contribution in [3.05, 3.63) is 389 Å². The molecule has 0 aliphatic rings. The summed E-state index contributed by atoms with van der Waals surface area (Å²) in [5.41, 5.74) is 31.0. The highest BCUT2D eigenvalue weighted by molar-refractivity contribution is 6.06. The Morgan fingerprint density at radius 1 is 0.119 bits per heavy atom. The Kier molecular flexibility index (Phi) is 16.9. The van der Waals surface area contributed by atoms with Crippen molar-refractivity contribution in [3.8, 4) is 124 Å². The minimum atomic E-state index is 0.892. The number of hydrogen-bond acceptors (Lipinski definition) is 12. The Labute approximate surface area is 677 Å². The van der Waals surface area contributed by atoms with Gasteiger partial charge in [0, 0.05) is 135 Å². The van der Waals surface area contributed by atoms with Crippen LogP contribution in [-0.2, 0) is 0 Å². The van der Waals surface area contributed by atoms with Crippen molar-refractivity contribution in [3.63, 3.8) is 0 Å². The molecule has 12 nitrogen and oxygen atoms in total. The van der Waals surface area contributed by atoms with Crippen LogP contribution in [0.1, 0.15) is 0 Å². The van der Waals surface area contributed by atoms with Crippen LogP contribution in [0.15, 0.2) is 389 Å². The Morgan fingerprint density at radius 3 is 0.737 bits per heavy atom. The second-order valence-electron chi connectivity index (χ2n) is 29.6. The molecule has 12 aromatic heterocycles. The van der Waals surface area contributed by atoms with Gasteiger partial charge in [-0.25, -0.2) is 34.9 Å². The number of aromatic nitrogens is 12. The van der Waals surface area contributed by atoms with Crippen molar-refractivity contribution in [2.24, 2.45) is 0 Å². The summed E-state index contributed by atoms with van der Waals surface area (Å²) in [4.78, 5) is 59.0.